The van der Waals surface area contributed by atoms with E-state index in [1.165, 1.54) is 6.07 Å². The minimum absolute atomic E-state index is 0.114. The molecular formula is C21H24ClFN4O. The SMILES string of the molecule is C=CCNC(=O)c1ccc(NCC2CCN(C)C2c2ccc(Cl)c(F)c2)nc1. The van der Waals surface area contributed by atoms with Gasteiger partial charge < -0.3 is 10.6 Å². The molecule has 2 unspecified atom stereocenters. The number of aromatic nitrogens is 1. The number of anilines is 1. The summed E-state index contributed by atoms with van der Waals surface area (Å²) in [7, 11) is 2.05. The lowest BCUT2D eigenvalue weighted by Gasteiger charge is -2.26. The standard InChI is InChI=1S/C21H24ClFN4O/c1-3-9-24-21(28)16-5-7-19(26-13-16)25-12-15-8-10-27(2)20(15)14-4-6-17(22)18(23)11-14/h3-7,11,13,15,20H,1,8-10,12H2,2H3,(H,24,28)(H,25,26). The van der Waals surface area contributed by atoms with Gasteiger partial charge in [0.1, 0.15) is 11.6 Å². The molecule has 3 rings (SSSR count). The highest BCUT2D eigenvalue weighted by Gasteiger charge is 2.33. The van der Waals surface area contributed by atoms with Crippen molar-refractivity contribution in [3.05, 3.63) is 71.2 Å². The molecule has 7 heteroatoms. The monoisotopic (exact) mass is 402 g/mol. The van der Waals surface area contributed by atoms with E-state index in [2.05, 4.69) is 27.1 Å². The van der Waals surface area contributed by atoms with Gasteiger partial charge in [-0.15, -0.1) is 6.58 Å². The Morgan fingerprint density at radius 2 is 2.25 bits per heavy atom. The van der Waals surface area contributed by atoms with Crippen LogP contribution in [0.2, 0.25) is 5.02 Å². The summed E-state index contributed by atoms with van der Waals surface area (Å²) in [5.41, 5.74) is 1.43. The van der Waals surface area contributed by atoms with E-state index in [0.717, 1.165) is 18.5 Å². The first kappa shape index (κ1) is 20.3. The summed E-state index contributed by atoms with van der Waals surface area (Å²) in [6, 6.07) is 8.67. The maximum absolute atomic E-state index is 13.9. The van der Waals surface area contributed by atoms with Crippen molar-refractivity contribution in [1.29, 1.82) is 0 Å². The topological polar surface area (TPSA) is 57.3 Å². The molecule has 0 spiro atoms. The third kappa shape index (κ3) is 4.69. The van der Waals surface area contributed by atoms with E-state index < -0.39 is 5.82 Å². The number of amides is 1. The summed E-state index contributed by atoms with van der Waals surface area (Å²) in [4.78, 5) is 18.5. The van der Waals surface area contributed by atoms with Crippen LogP contribution in [-0.2, 0) is 0 Å². The fourth-order valence-corrected chi connectivity index (χ4v) is 3.72. The summed E-state index contributed by atoms with van der Waals surface area (Å²) in [5.74, 6) is 0.443. The highest BCUT2D eigenvalue weighted by atomic mass is 35.5. The number of hydrogen-bond donors (Lipinski definition) is 2. The fraction of sp³-hybridized carbons (Fsp3) is 0.333. The zero-order chi connectivity index (χ0) is 20.1. The number of rotatable bonds is 7. The van der Waals surface area contributed by atoms with Gasteiger partial charge >= 0.3 is 0 Å². The molecule has 2 heterocycles. The molecule has 0 aliphatic carbocycles. The summed E-state index contributed by atoms with van der Waals surface area (Å²) in [6.07, 6.45) is 4.18. The Balaban J connectivity index is 1.63. The summed E-state index contributed by atoms with van der Waals surface area (Å²) < 4.78 is 13.9. The molecular weight excluding hydrogens is 379 g/mol. The highest BCUT2D eigenvalue weighted by molar-refractivity contribution is 6.30. The van der Waals surface area contributed by atoms with Crippen LogP contribution >= 0.6 is 11.6 Å². The van der Waals surface area contributed by atoms with E-state index in [9.17, 15) is 9.18 Å². The number of nitrogens with one attached hydrogen (secondary N) is 2. The van der Waals surface area contributed by atoms with Gasteiger partial charge in [-0.3, -0.25) is 9.69 Å². The second-order valence-corrected chi connectivity index (χ2v) is 7.37. The first-order valence-corrected chi connectivity index (χ1v) is 9.61. The Morgan fingerprint density at radius 3 is 2.93 bits per heavy atom. The molecule has 1 fully saturated rings. The molecule has 2 atom stereocenters. The number of benzene rings is 1. The van der Waals surface area contributed by atoms with Crippen LogP contribution in [-0.4, -0.2) is 42.5 Å². The zero-order valence-corrected chi connectivity index (χ0v) is 16.5. The van der Waals surface area contributed by atoms with Crippen LogP contribution in [0, 0.1) is 11.7 Å². The van der Waals surface area contributed by atoms with Gasteiger partial charge in [-0.05, 0) is 55.8 Å². The lowest BCUT2D eigenvalue weighted by atomic mass is 9.93. The lowest BCUT2D eigenvalue weighted by Crippen LogP contribution is -2.25. The number of nitrogens with zero attached hydrogens (tertiary/aromatic N) is 2. The normalized spacial score (nSPS) is 19.4. The maximum Gasteiger partial charge on any atom is 0.253 e. The van der Waals surface area contributed by atoms with Crippen molar-refractivity contribution in [2.75, 3.05) is 32.0 Å². The van der Waals surface area contributed by atoms with Gasteiger partial charge in [0.25, 0.3) is 5.91 Å². The minimum atomic E-state index is -0.391. The highest BCUT2D eigenvalue weighted by Crippen LogP contribution is 2.37. The maximum atomic E-state index is 13.9. The van der Waals surface area contributed by atoms with Crippen molar-refractivity contribution in [3.63, 3.8) is 0 Å². The first-order chi connectivity index (χ1) is 13.5. The zero-order valence-electron chi connectivity index (χ0n) is 15.8. The number of hydrogen-bond acceptors (Lipinski definition) is 4. The molecule has 5 nitrogen and oxygen atoms in total. The van der Waals surface area contributed by atoms with Gasteiger partial charge in [-0.25, -0.2) is 9.37 Å². The second kappa shape index (κ2) is 9.17. The molecule has 148 valence electrons. The lowest BCUT2D eigenvalue weighted by molar-refractivity contribution is 0.0957. The smallest absolute Gasteiger partial charge is 0.253 e. The van der Waals surface area contributed by atoms with Crippen molar-refractivity contribution in [1.82, 2.24) is 15.2 Å². The minimum Gasteiger partial charge on any atom is -0.370 e. The van der Waals surface area contributed by atoms with Gasteiger partial charge in [0.15, 0.2) is 0 Å². The average Bonchev–Trinajstić information content (AvgIpc) is 3.07. The molecule has 0 bridgehead atoms. The van der Waals surface area contributed by atoms with Crippen LogP contribution in [0.1, 0.15) is 28.4 Å². The number of pyridine rings is 1. The van der Waals surface area contributed by atoms with Crippen LogP contribution < -0.4 is 10.6 Å². The van der Waals surface area contributed by atoms with Gasteiger partial charge in [-0.1, -0.05) is 23.7 Å². The molecule has 1 amide bonds. The van der Waals surface area contributed by atoms with E-state index in [-0.39, 0.29) is 17.0 Å². The molecule has 0 radical (unpaired) electrons. The molecule has 0 saturated carbocycles. The van der Waals surface area contributed by atoms with Crippen molar-refractivity contribution >= 4 is 23.3 Å². The molecule has 1 saturated heterocycles. The third-order valence-electron chi connectivity index (χ3n) is 5.04. The van der Waals surface area contributed by atoms with Crippen molar-refractivity contribution in [2.45, 2.75) is 12.5 Å². The molecule has 1 aromatic heterocycles. The van der Waals surface area contributed by atoms with Crippen LogP contribution in [0.3, 0.4) is 0 Å². The largest absolute Gasteiger partial charge is 0.370 e. The molecule has 2 N–H and O–H groups in total. The Kier molecular flexibility index (Phi) is 6.65. The third-order valence-corrected chi connectivity index (χ3v) is 5.34. The summed E-state index contributed by atoms with van der Waals surface area (Å²) in [6.45, 7) is 5.64. The fourth-order valence-electron chi connectivity index (χ4n) is 3.60. The van der Waals surface area contributed by atoms with Crippen molar-refractivity contribution < 1.29 is 9.18 Å². The molecule has 1 aliphatic heterocycles. The van der Waals surface area contributed by atoms with E-state index in [0.29, 0.717) is 30.4 Å². The van der Waals surface area contributed by atoms with Crippen LogP contribution in [0.25, 0.3) is 0 Å². The van der Waals surface area contributed by atoms with E-state index in [1.807, 2.05) is 13.1 Å². The quantitative estimate of drug-likeness (QED) is 0.690. The number of halogens is 2. The molecule has 1 aliphatic rings. The molecule has 2 aromatic rings. The van der Waals surface area contributed by atoms with Crippen molar-refractivity contribution in [3.8, 4) is 0 Å². The van der Waals surface area contributed by atoms with Crippen molar-refractivity contribution in [2.24, 2.45) is 5.92 Å². The van der Waals surface area contributed by atoms with Gasteiger partial charge in [0.05, 0.1) is 10.6 Å². The van der Waals surface area contributed by atoms with Gasteiger partial charge in [-0.2, -0.15) is 0 Å². The first-order valence-electron chi connectivity index (χ1n) is 9.24. The Morgan fingerprint density at radius 1 is 1.43 bits per heavy atom. The second-order valence-electron chi connectivity index (χ2n) is 6.96. The van der Waals surface area contributed by atoms with Gasteiger partial charge in [0, 0.05) is 25.3 Å². The molecule has 28 heavy (non-hydrogen) atoms. The summed E-state index contributed by atoms with van der Waals surface area (Å²) >= 11 is 5.82. The Labute approximate surface area is 169 Å². The van der Waals surface area contributed by atoms with Crippen LogP contribution in [0.5, 0.6) is 0 Å². The Bertz CT molecular complexity index is 843. The van der Waals surface area contributed by atoms with Gasteiger partial charge in [0.2, 0.25) is 0 Å². The average molecular weight is 403 g/mol. The van der Waals surface area contributed by atoms with Crippen LogP contribution in [0.15, 0.2) is 49.2 Å². The number of carbonyl (C=O) groups is 1. The van der Waals surface area contributed by atoms with Crippen LogP contribution in [0.4, 0.5) is 10.2 Å². The van der Waals surface area contributed by atoms with E-state index in [4.69, 9.17) is 11.6 Å². The number of likely N-dealkylation sites (tertiary alicyclic amines) is 1. The molecule has 1 aromatic carbocycles. The Hall–Kier alpha value is -2.44. The van der Waals surface area contributed by atoms with E-state index >= 15 is 0 Å². The predicted molar refractivity (Wildman–Crippen MR) is 110 cm³/mol. The summed E-state index contributed by atoms with van der Waals surface area (Å²) in [5, 5.41) is 6.20. The van der Waals surface area contributed by atoms with E-state index in [1.54, 1.807) is 30.5 Å². The predicted octanol–water partition coefficient (Wildman–Crippen LogP) is 3.89. The number of carbonyl (C=O) groups excluding carboxylic acids is 1.